The highest BCUT2D eigenvalue weighted by molar-refractivity contribution is 5.97. The summed E-state index contributed by atoms with van der Waals surface area (Å²) < 4.78 is 11.4. The van der Waals surface area contributed by atoms with E-state index >= 15 is 0 Å². The summed E-state index contributed by atoms with van der Waals surface area (Å²) in [4.78, 5) is 24.5. The van der Waals surface area contributed by atoms with Gasteiger partial charge in [0.2, 0.25) is 5.91 Å². The van der Waals surface area contributed by atoms with Crippen LogP contribution in [0.5, 0.6) is 5.75 Å². The molecule has 7 nitrogen and oxygen atoms in total. The molecule has 3 N–H and O–H groups in total. The first-order valence-electron chi connectivity index (χ1n) is 10.6. The van der Waals surface area contributed by atoms with Crippen molar-refractivity contribution in [3.8, 4) is 5.75 Å². The molecule has 0 radical (unpaired) electrons. The highest BCUT2D eigenvalue weighted by atomic mass is 16.5. The van der Waals surface area contributed by atoms with E-state index in [9.17, 15) is 9.59 Å². The summed E-state index contributed by atoms with van der Waals surface area (Å²) in [7, 11) is 0. The third-order valence-electron chi connectivity index (χ3n) is 4.67. The fourth-order valence-electron chi connectivity index (χ4n) is 3.17. The molecule has 166 valence electrons. The molecule has 0 spiro atoms. The Morgan fingerprint density at radius 1 is 1.10 bits per heavy atom. The maximum atomic E-state index is 12.3. The van der Waals surface area contributed by atoms with Crippen molar-refractivity contribution in [2.75, 3.05) is 30.4 Å². The number of hydrogen-bond acceptors (Lipinski definition) is 5. The van der Waals surface area contributed by atoms with Gasteiger partial charge in [0.1, 0.15) is 12.4 Å². The predicted octanol–water partition coefficient (Wildman–Crippen LogP) is 3.82. The fraction of sp³-hybridized carbons (Fsp3) is 0.417. The topological polar surface area (TPSA) is 88.7 Å². The fourth-order valence-corrected chi connectivity index (χ4v) is 3.17. The number of hydrogen-bond donors (Lipinski definition) is 3. The molecular formula is C24H31N3O4. The van der Waals surface area contributed by atoms with Crippen LogP contribution in [0.15, 0.2) is 48.5 Å². The molecule has 0 saturated carbocycles. The Labute approximate surface area is 183 Å². The van der Waals surface area contributed by atoms with E-state index in [1.165, 1.54) is 0 Å². The monoisotopic (exact) mass is 425 g/mol. The van der Waals surface area contributed by atoms with Gasteiger partial charge in [0, 0.05) is 35.2 Å². The van der Waals surface area contributed by atoms with Crippen LogP contribution in [0.1, 0.15) is 44.0 Å². The van der Waals surface area contributed by atoms with Crippen LogP contribution in [0, 0.1) is 0 Å². The van der Waals surface area contributed by atoms with E-state index < -0.39 is 0 Å². The molecule has 1 atom stereocenters. The SMILES string of the molecule is CC(C)(C)NC(=O)c1ccc(NC(=O)CNc2cccc(OCC3CCCO3)c2)cc1. The van der Waals surface area contributed by atoms with E-state index in [2.05, 4.69) is 16.0 Å². The van der Waals surface area contributed by atoms with Gasteiger partial charge in [-0.2, -0.15) is 0 Å². The Kier molecular flexibility index (Phi) is 7.52. The Hall–Kier alpha value is -3.06. The summed E-state index contributed by atoms with van der Waals surface area (Å²) in [6, 6.07) is 14.3. The molecule has 0 aromatic heterocycles. The summed E-state index contributed by atoms with van der Waals surface area (Å²) in [5.74, 6) is 0.413. The van der Waals surface area contributed by atoms with Crippen molar-refractivity contribution in [1.29, 1.82) is 0 Å². The standard InChI is InChI=1S/C24H31N3O4/c1-24(2,3)27-23(29)17-9-11-18(12-10-17)26-22(28)15-25-19-6-4-7-20(14-19)31-16-21-8-5-13-30-21/h4,6-7,9-12,14,21,25H,5,8,13,15-16H2,1-3H3,(H,26,28)(H,27,29). The molecule has 0 bridgehead atoms. The van der Waals surface area contributed by atoms with Crippen LogP contribution >= 0.6 is 0 Å². The van der Waals surface area contributed by atoms with Gasteiger partial charge in [-0.15, -0.1) is 0 Å². The molecule has 3 rings (SSSR count). The second-order valence-electron chi connectivity index (χ2n) is 8.66. The summed E-state index contributed by atoms with van der Waals surface area (Å²) in [5, 5.41) is 8.83. The Morgan fingerprint density at radius 3 is 2.55 bits per heavy atom. The molecule has 0 aliphatic carbocycles. The molecule has 7 heteroatoms. The molecule has 1 unspecified atom stereocenters. The number of amides is 2. The van der Waals surface area contributed by atoms with E-state index in [0.29, 0.717) is 17.9 Å². The van der Waals surface area contributed by atoms with Crippen LogP contribution in [0.2, 0.25) is 0 Å². The first-order valence-corrected chi connectivity index (χ1v) is 10.6. The number of rotatable bonds is 8. The second kappa shape index (κ2) is 10.3. The molecule has 2 amide bonds. The first-order chi connectivity index (χ1) is 14.8. The molecule has 1 saturated heterocycles. The van der Waals surface area contributed by atoms with Crippen LogP contribution in [0.25, 0.3) is 0 Å². The Bertz CT molecular complexity index is 884. The van der Waals surface area contributed by atoms with Crippen LogP contribution in [-0.4, -0.2) is 43.2 Å². The zero-order valence-electron chi connectivity index (χ0n) is 18.4. The predicted molar refractivity (Wildman–Crippen MR) is 122 cm³/mol. The molecule has 1 aliphatic rings. The zero-order chi connectivity index (χ0) is 22.3. The summed E-state index contributed by atoms with van der Waals surface area (Å²) in [6.07, 6.45) is 2.27. The van der Waals surface area contributed by atoms with E-state index in [1.807, 2.05) is 45.0 Å². The maximum absolute atomic E-state index is 12.3. The Balaban J connectivity index is 1.45. The minimum absolute atomic E-state index is 0.113. The number of anilines is 2. The number of carbonyl (C=O) groups excluding carboxylic acids is 2. The van der Waals surface area contributed by atoms with E-state index in [0.717, 1.165) is 30.9 Å². The van der Waals surface area contributed by atoms with Gasteiger partial charge in [0.25, 0.3) is 5.91 Å². The number of carbonyl (C=O) groups is 2. The highest BCUT2D eigenvalue weighted by Crippen LogP contribution is 2.19. The summed E-state index contributed by atoms with van der Waals surface area (Å²) >= 11 is 0. The smallest absolute Gasteiger partial charge is 0.251 e. The molecule has 2 aromatic rings. The van der Waals surface area contributed by atoms with Gasteiger partial charge in [-0.1, -0.05) is 6.07 Å². The van der Waals surface area contributed by atoms with Crippen molar-refractivity contribution < 1.29 is 19.1 Å². The molecular weight excluding hydrogens is 394 g/mol. The van der Waals surface area contributed by atoms with E-state index in [-0.39, 0.29) is 30.0 Å². The number of benzene rings is 2. The lowest BCUT2D eigenvalue weighted by atomic mass is 10.1. The quantitative estimate of drug-likeness (QED) is 0.598. The second-order valence-corrected chi connectivity index (χ2v) is 8.66. The van der Waals surface area contributed by atoms with Crippen LogP contribution in [-0.2, 0) is 9.53 Å². The molecule has 1 aliphatic heterocycles. The van der Waals surface area contributed by atoms with E-state index in [1.54, 1.807) is 24.3 Å². The minimum atomic E-state index is -0.303. The van der Waals surface area contributed by atoms with Gasteiger partial charge in [-0.05, 0) is 70.0 Å². The number of nitrogens with one attached hydrogen (secondary N) is 3. The molecule has 31 heavy (non-hydrogen) atoms. The third kappa shape index (κ3) is 7.61. The lowest BCUT2D eigenvalue weighted by molar-refractivity contribution is -0.114. The minimum Gasteiger partial charge on any atom is -0.491 e. The van der Waals surface area contributed by atoms with Crippen LogP contribution in [0.3, 0.4) is 0 Å². The normalized spacial score (nSPS) is 15.9. The van der Waals surface area contributed by atoms with Crippen molar-refractivity contribution in [2.45, 2.75) is 45.3 Å². The molecule has 2 aromatic carbocycles. The summed E-state index contributed by atoms with van der Waals surface area (Å²) in [6.45, 7) is 7.24. The van der Waals surface area contributed by atoms with Gasteiger partial charge in [0.05, 0.1) is 12.6 Å². The maximum Gasteiger partial charge on any atom is 0.251 e. The molecule has 1 fully saturated rings. The van der Waals surface area contributed by atoms with Crippen molar-refractivity contribution >= 4 is 23.2 Å². The van der Waals surface area contributed by atoms with Gasteiger partial charge in [0.15, 0.2) is 0 Å². The Morgan fingerprint density at radius 2 is 1.87 bits per heavy atom. The summed E-state index contributed by atoms with van der Waals surface area (Å²) in [5.41, 5.74) is 1.68. The van der Waals surface area contributed by atoms with Crippen molar-refractivity contribution in [1.82, 2.24) is 5.32 Å². The average Bonchev–Trinajstić information content (AvgIpc) is 3.24. The van der Waals surface area contributed by atoms with Crippen molar-refractivity contribution in [3.63, 3.8) is 0 Å². The van der Waals surface area contributed by atoms with Crippen molar-refractivity contribution in [3.05, 3.63) is 54.1 Å². The molecule has 1 heterocycles. The van der Waals surface area contributed by atoms with Gasteiger partial charge < -0.3 is 25.4 Å². The van der Waals surface area contributed by atoms with Crippen LogP contribution in [0.4, 0.5) is 11.4 Å². The van der Waals surface area contributed by atoms with Gasteiger partial charge in [-0.25, -0.2) is 0 Å². The van der Waals surface area contributed by atoms with Gasteiger partial charge >= 0.3 is 0 Å². The van der Waals surface area contributed by atoms with Gasteiger partial charge in [-0.3, -0.25) is 9.59 Å². The van der Waals surface area contributed by atoms with Crippen molar-refractivity contribution in [2.24, 2.45) is 0 Å². The zero-order valence-corrected chi connectivity index (χ0v) is 18.4. The highest BCUT2D eigenvalue weighted by Gasteiger charge is 2.16. The van der Waals surface area contributed by atoms with Crippen LogP contribution < -0.4 is 20.7 Å². The lowest BCUT2D eigenvalue weighted by Gasteiger charge is -2.20. The largest absolute Gasteiger partial charge is 0.491 e. The first kappa shape index (κ1) is 22.6. The van der Waals surface area contributed by atoms with E-state index in [4.69, 9.17) is 9.47 Å². The third-order valence-corrected chi connectivity index (χ3v) is 4.67. The average molecular weight is 426 g/mol. The number of ether oxygens (including phenoxy) is 2. The lowest BCUT2D eigenvalue weighted by Crippen LogP contribution is -2.40.